The summed E-state index contributed by atoms with van der Waals surface area (Å²) in [6, 6.07) is 17.2. The van der Waals surface area contributed by atoms with Crippen molar-refractivity contribution in [2.75, 3.05) is 26.4 Å². The van der Waals surface area contributed by atoms with Gasteiger partial charge in [0.15, 0.2) is 17.3 Å². The van der Waals surface area contributed by atoms with Gasteiger partial charge in [0.25, 0.3) is 0 Å². The molecule has 0 N–H and O–H groups in total. The van der Waals surface area contributed by atoms with Crippen LogP contribution in [0.1, 0.15) is 86.5 Å². The molecule has 0 spiro atoms. The predicted molar refractivity (Wildman–Crippen MR) is 155 cm³/mol. The van der Waals surface area contributed by atoms with E-state index < -0.39 is 0 Å². The van der Waals surface area contributed by atoms with E-state index in [1.165, 1.54) is 5.56 Å². The second kappa shape index (κ2) is 13.0. The van der Waals surface area contributed by atoms with Crippen LogP contribution in [-0.4, -0.2) is 43.8 Å². The number of aryl methyl sites for hydroxylation is 1. The fraction of sp³-hybridized carbons (Fsp3) is 0.324. The van der Waals surface area contributed by atoms with Crippen LogP contribution in [0.2, 0.25) is 0 Å². The van der Waals surface area contributed by atoms with E-state index in [-0.39, 0.29) is 23.5 Å². The van der Waals surface area contributed by atoms with Gasteiger partial charge in [0.1, 0.15) is 23.4 Å². The fourth-order valence-corrected chi connectivity index (χ4v) is 4.88. The van der Waals surface area contributed by atoms with Crippen molar-refractivity contribution in [2.45, 2.75) is 45.1 Å². The zero-order chi connectivity index (χ0) is 28.8. The molecule has 0 amide bonds. The summed E-state index contributed by atoms with van der Waals surface area (Å²) in [6.45, 7) is 8.09. The van der Waals surface area contributed by atoms with Gasteiger partial charge in [-0.3, -0.25) is 14.4 Å². The maximum Gasteiger partial charge on any atom is 0.170 e. The number of Topliss-reactive ketones (excluding diaryl/α,β-unsaturated/α-hetero) is 3. The molecule has 1 atom stereocenters. The van der Waals surface area contributed by atoms with Crippen LogP contribution >= 0.6 is 0 Å². The van der Waals surface area contributed by atoms with Crippen molar-refractivity contribution >= 4 is 23.4 Å². The monoisotopic (exact) mass is 554 g/mol. The Balaban J connectivity index is 0.000000124. The lowest BCUT2D eigenvalue weighted by molar-refractivity contribution is 0.0924. The highest BCUT2D eigenvalue weighted by molar-refractivity contribution is 6.01. The molecule has 0 saturated carbocycles. The number of fused-ring (bicyclic) bond motifs is 3. The van der Waals surface area contributed by atoms with Crippen LogP contribution in [0.15, 0.2) is 61.2 Å². The van der Waals surface area contributed by atoms with E-state index in [4.69, 9.17) is 18.9 Å². The van der Waals surface area contributed by atoms with E-state index in [2.05, 4.69) is 13.5 Å². The minimum atomic E-state index is 0.157. The highest BCUT2D eigenvalue weighted by Crippen LogP contribution is 2.34. The minimum Gasteiger partial charge on any atom is -0.492 e. The summed E-state index contributed by atoms with van der Waals surface area (Å²) in [5.41, 5.74) is 5.43. The van der Waals surface area contributed by atoms with E-state index in [1.807, 2.05) is 54.6 Å². The molecule has 1 unspecified atom stereocenters. The van der Waals surface area contributed by atoms with Gasteiger partial charge in [0.2, 0.25) is 0 Å². The van der Waals surface area contributed by atoms with Crippen molar-refractivity contribution in [3.05, 3.63) is 94.6 Å². The highest BCUT2D eigenvalue weighted by Gasteiger charge is 2.27. The molecule has 1 saturated heterocycles. The van der Waals surface area contributed by atoms with Gasteiger partial charge >= 0.3 is 0 Å². The van der Waals surface area contributed by atoms with Crippen LogP contribution in [0.3, 0.4) is 0 Å². The zero-order valence-corrected chi connectivity index (χ0v) is 23.3. The molecular weight excluding hydrogens is 520 g/mol. The van der Waals surface area contributed by atoms with Crippen molar-refractivity contribution in [1.82, 2.24) is 0 Å². The number of hydrogen-bond donors (Lipinski definition) is 0. The van der Waals surface area contributed by atoms with Crippen molar-refractivity contribution in [2.24, 2.45) is 0 Å². The summed E-state index contributed by atoms with van der Waals surface area (Å²) in [5, 5.41) is 0. The van der Waals surface area contributed by atoms with E-state index in [1.54, 1.807) is 6.08 Å². The van der Waals surface area contributed by atoms with Crippen LogP contribution in [0.4, 0.5) is 0 Å². The third-order valence-corrected chi connectivity index (χ3v) is 7.19. The van der Waals surface area contributed by atoms with Crippen molar-refractivity contribution in [3.8, 4) is 17.2 Å². The first kappa shape index (κ1) is 28.3. The van der Waals surface area contributed by atoms with E-state index >= 15 is 0 Å². The Morgan fingerprint density at radius 3 is 1.78 bits per heavy atom. The molecular formula is C34H34O7. The minimum absolute atomic E-state index is 0.157. The molecule has 41 heavy (non-hydrogen) atoms. The maximum absolute atomic E-state index is 11.6. The third kappa shape index (κ3) is 6.92. The topological polar surface area (TPSA) is 91.4 Å². The molecule has 0 aliphatic carbocycles. The van der Waals surface area contributed by atoms with Crippen molar-refractivity contribution in [3.63, 3.8) is 0 Å². The summed E-state index contributed by atoms with van der Waals surface area (Å²) >= 11 is 0. The Morgan fingerprint density at radius 2 is 1.24 bits per heavy atom. The number of carbonyl (C=O) groups is 3. The number of benzene rings is 3. The number of hydrogen-bond acceptors (Lipinski definition) is 7. The number of rotatable bonds is 4. The van der Waals surface area contributed by atoms with E-state index in [0.29, 0.717) is 61.7 Å². The van der Waals surface area contributed by atoms with Crippen LogP contribution < -0.4 is 14.2 Å². The third-order valence-electron chi connectivity index (χ3n) is 7.19. The van der Waals surface area contributed by atoms with Crippen LogP contribution in [0.5, 0.6) is 17.2 Å². The second-order valence-electron chi connectivity index (χ2n) is 10.2. The molecule has 3 aromatic rings. The fourth-order valence-electron chi connectivity index (χ4n) is 4.88. The van der Waals surface area contributed by atoms with E-state index in [9.17, 15) is 14.4 Å². The lowest BCUT2D eigenvalue weighted by atomic mass is 10.0. The molecule has 1 fully saturated rings. The van der Waals surface area contributed by atoms with Crippen LogP contribution in [0.25, 0.3) is 6.08 Å². The Morgan fingerprint density at radius 1 is 0.732 bits per heavy atom. The summed E-state index contributed by atoms with van der Waals surface area (Å²) < 4.78 is 21.3. The molecule has 7 nitrogen and oxygen atoms in total. The molecule has 0 bridgehead atoms. The molecule has 0 radical (unpaired) electrons. The van der Waals surface area contributed by atoms with Gasteiger partial charge in [-0.15, -0.1) is 0 Å². The van der Waals surface area contributed by atoms with Gasteiger partial charge in [-0.05, 0) is 59.5 Å². The number of ether oxygens (including phenoxy) is 4. The average Bonchev–Trinajstić information content (AvgIpc) is 3.85. The largest absolute Gasteiger partial charge is 0.492 e. The lowest BCUT2D eigenvalue weighted by Gasteiger charge is -2.16. The first-order chi connectivity index (χ1) is 20.0. The Bertz CT molecular complexity index is 1470. The van der Waals surface area contributed by atoms with Crippen molar-refractivity contribution in [1.29, 1.82) is 0 Å². The average molecular weight is 555 g/mol. The summed E-state index contributed by atoms with van der Waals surface area (Å²) in [6.07, 6.45) is 5.55. The number of epoxide rings is 1. The Hall–Kier alpha value is -4.23. The summed E-state index contributed by atoms with van der Waals surface area (Å²) in [5.74, 6) is 2.71. The molecule has 4 aliphatic rings. The predicted octanol–water partition coefficient (Wildman–Crippen LogP) is 6.62. The molecule has 212 valence electrons. The highest BCUT2D eigenvalue weighted by atomic mass is 16.6. The number of ketones is 3. The number of carbonyl (C=O) groups excluding carboxylic acids is 3. The quantitative estimate of drug-likeness (QED) is 0.335. The maximum atomic E-state index is 11.6. The van der Waals surface area contributed by atoms with Crippen LogP contribution in [0, 0.1) is 0 Å². The zero-order valence-electron chi connectivity index (χ0n) is 23.3. The SMILES string of the molecule is C=Cc1ccc2c(c1)C(=O)CCO2.CCCc1ccc2c(c1)C(=O)CCO2.O=C1CCOc2ccc(C3CO3)cc21. The van der Waals surface area contributed by atoms with Gasteiger partial charge in [-0.25, -0.2) is 0 Å². The van der Waals surface area contributed by atoms with Crippen molar-refractivity contribution < 1.29 is 33.3 Å². The first-order valence-corrected chi connectivity index (χ1v) is 14.1. The van der Waals surface area contributed by atoms with Gasteiger partial charge < -0.3 is 18.9 Å². The first-order valence-electron chi connectivity index (χ1n) is 14.1. The molecule has 7 heteroatoms. The summed E-state index contributed by atoms with van der Waals surface area (Å²) in [4.78, 5) is 34.6. The van der Waals surface area contributed by atoms with Gasteiger partial charge in [0, 0.05) is 19.3 Å². The molecule has 4 heterocycles. The normalized spacial score (nSPS) is 17.9. The molecule has 0 aromatic heterocycles. The lowest BCUT2D eigenvalue weighted by Crippen LogP contribution is -2.15. The second-order valence-corrected chi connectivity index (χ2v) is 10.2. The Kier molecular flexibility index (Phi) is 8.95. The smallest absolute Gasteiger partial charge is 0.170 e. The molecule has 7 rings (SSSR count). The summed E-state index contributed by atoms with van der Waals surface area (Å²) in [7, 11) is 0. The molecule has 4 aliphatic heterocycles. The molecule has 3 aromatic carbocycles. The van der Waals surface area contributed by atoms with Gasteiger partial charge in [-0.1, -0.05) is 44.2 Å². The Labute approximate surface area is 240 Å². The van der Waals surface area contributed by atoms with Crippen LogP contribution in [-0.2, 0) is 11.2 Å². The van der Waals surface area contributed by atoms with E-state index in [0.717, 1.165) is 41.9 Å². The standard InChI is InChI=1S/C12H14O2.C11H10O3.C11H10O2/c1-2-3-9-4-5-12-10(8-9)11(13)6-7-14-12;12-9-3-4-13-10-2-1-7(5-8(9)10)11-6-14-11;1-2-8-3-4-11-9(7-8)10(12)5-6-13-11/h4-5,8H,2-3,6-7H2,1H3;1-2,5,11H,3-4,6H2;2-4,7H,1,5-6H2. The van der Waals surface area contributed by atoms with Gasteiger partial charge in [-0.2, -0.15) is 0 Å². The van der Waals surface area contributed by atoms with Gasteiger partial charge in [0.05, 0.1) is 43.1 Å².